The predicted octanol–water partition coefficient (Wildman–Crippen LogP) is 1.07. The molecule has 0 aliphatic carbocycles. The second kappa shape index (κ2) is 5.34. The van der Waals surface area contributed by atoms with Crippen molar-refractivity contribution < 1.29 is 10.2 Å². The van der Waals surface area contributed by atoms with Crippen LogP contribution in [-0.2, 0) is 6.54 Å². The zero-order valence-electron chi connectivity index (χ0n) is 8.27. The van der Waals surface area contributed by atoms with Gasteiger partial charge in [0.1, 0.15) is 6.54 Å². The molecule has 0 bridgehead atoms. The van der Waals surface area contributed by atoms with Crippen molar-refractivity contribution in [1.29, 1.82) is 0 Å². The van der Waals surface area contributed by atoms with Gasteiger partial charge in [0.2, 0.25) is 0 Å². The average molecular weight is 195 g/mol. The van der Waals surface area contributed by atoms with E-state index in [0.29, 0.717) is 0 Å². The molecule has 0 amide bonds. The number of rotatable bonds is 5. The molecule has 0 aromatic heterocycles. The Morgan fingerprint density at radius 3 is 2.50 bits per heavy atom. The SMILES string of the molecule is CCC[NH2+]Cc1ccc([N+](=O)[O-])cc1. The third kappa shape index (κ3) is 3.14. The van der Waals surface area contributed by atoms with Crippen molar-refractivity contribution in [3.05, 3.63) is 39.9 Å². The summed E-state index contributed by atoms with van der Waals surface area (Å²) in [4.78, 5) is 9.99. The zero-order valence-corrected chi connectivity index (χ0v) is 8.27. The van der Waals surface area contributed by atoms with Crippen molar-refractivity contribution in [2.45, 2.75) is 19.9 Å². The molecule has 0 radical (unpaired) electrons. The van der Waals surface area contributed by atoms with Crippen molar-refractivity contribution in [3.63, 3.8) is 0 Å². The zero-order chi connectivity index (χ0) is 10.4. The first kappa shape index (κ1) is 10.7. The third-order valence-electron chi connectivity index (χ3n) is 2.02. The summed E-state index contributed by atoms with van der Waals surface area (Å²) in [5, 5.41) is 12.6. The molecule has 0 saturated carbocycles. The number of hydrogen-bond donors (Lipinski definition) is 1. The van der Waals surface area contributed by atoms with E-state index in [1.165, 1.54) is 0 Å². The summed E-state index contributed by atoms with van der Waals surface area (Å²) in [6.45, 7) is 4.12. The van der Waals surface area contributed by atoms with Crippen LogP contribution in [-0.4, -0.2) is 11.5 Å². The minimum absolute atomic E-state index is 0.157. The molecule has 76 valence electrons. The molecular formula is C10H15N2O2+. The maximum atomic E-state index is 10.4. The molecule has 1 aromatic rings. The summed E-state index contributed by atoms with van der Waals surface area (Å²) in [6.07, 6.45) is 1.15. The van der Waals surface area contributed by atoms with E-state index in [9.17, 15) is 10.1 Å². The quantitative estimate of drug-likeness (QED) is 0.434. The van der Waals surface area contributed by atoms with E-state index in [4.69, 9.17) is 0 Å². The van der Waals surface area contributed by atoms with Crippen LogP contribution in [0.1, 0.15) is 18.9 Å². The molecule has 0 saturated heterocycles. The first-order valence-electron chi connectivity index (χ1n) is 4.79. The fraction of sp³-hybridized carbons (Fsp3) is 0.400. The molecule has 0 unspecified atom stereocenters. The number of nitro benzene ring substituents is 1. The van der Waals surface area contributed by atoms with Crippen LogP contribution in [0.2, 0.25) is 0 Å². The average Bonchev–Trinajstić information content (AvgIpc) is 2.19. The molecule has 0 atom stereocenters. The van der Waals surface area contributed by atoms with Crippen LogP contribution in [0.15, 0.2) is 24.3 Å². The Morgan fingerprint density at radius 1 is 1.36 bits per heavy atom. The van der Waals surface area contributed by atoms with Gasteiger partial charge in [0.15, 0.2) is 0 Å². The van der Waals surface area contributed by atoms with Gasteiger partial charge in [-0.1, -0.05) is 6.92 Å². The minimum atomic E-state index is -0.375. The molecule has 14 heavy (non-hydrogen) atoms. The lowest BCUT2D eigenvalue weighted by Gasteiger charge is -1.99. The van der Waals surface area contributed by atoms with Gasteiger partial charge in [-0.3, -0.25) is 10.1 Å². The Hall–Kier alpha value is -1.42. The fourth-order valence-electron chi connectivity index (χ4n) is 1.23. The van der Waals surface area contributed by atoms with Crippen LogP contribution in [0.25, 0.3) is 0 Å². The van der Waals surface area contributed by atoms with Crippen LogP contribution in [0.5, 0.6) is 0 Å². The van der Waals surface area contributed by atoms with Gasteiger partial charge in [-0.2, -0.15) is 0 Å². The van der Waals surface area contributed by atoms with Gasteiger partial charge in [-0.05, 0) is 18.6 Å². The first-order chi connectivity index (χ1) is 6.74. The van der Waals surface area contributed by atoms with E-state index in [0.717, 1.165) is 25.1 Å². The smallest absolute Gasteiger partial charge is 0.269 e. The van der Waals surface area contributed by atoms with Gasteiger partial charge in [0, 0.05) is 17.7 Å². The van der Waals surface area contributed by atoms with E-state index in [1.807, 2.05) is 12.1 Å². The molecule has 2 N–H and O–H groups in total. The summed E-state index contributed by atoms with van der Waals surface area (Å²) in [5.41, 5.74) is 1.29. The van der Waals surface area contributed by atoms with Gasteiger partial charge in [0.25, 0.3) is 5.69 Å². The summed E-state index contributed by atoms with van der Waals surface area (Å²) < 4.78 is 0. The Balaban J connectivity index is 2.51. The number of nitro groups is 1. The van der Waals surface area contributed by atoms with Gasteiger partial charge in [0.05, 0.1) is 11.5 Å². The molecule has 4 heteroatoms. The molecule has 0 heterocycles. The second-order valence-electron chi connectivity index (χ2n) is 3.21. The number of hydrogen-bond acceptors (Lipinski definition) is 2. The molecule has 0 aliphatic rings. The fourth-order valence-corrected chi connectivity index (χ4v) is 1.23. The van der Waals surface area contributed by atoms with Crippen molar-refractivity contribution in [2.24, 2.45) is 0 Å². The Kier molecular flexibility index (Phi) is 4.07. The lowest BCUT2D eigenvalue weighted by atomic mass is 10.2. The van der Waals surface area contributed by atoms with Crippen molar-refractivity contribution in [2.75, 3.05) is 6.54 Å². The summed E-state index contributed by atoms with van der Waals surface area (Å²) in [6, 6.07) is 6.72. The molecule has 0 fully saturated rings. The van der Waals surface area contributed by atoms with Crippen molar-refractivity contribution >= 4 is 5.69 Å². The highest BCUT2D eigenvalue weighted by atomic mass is 16.6. The van der Waals surface area contributed by atoms with E-state index >= 15 is 0 Å². The molecule has 0 aliphatic heterocycles. The molecule has 1 rings (SSSR count). The summed E-state index contributed by atoms with van der Waals surface area (Å²) in [5.74, 6) is 0. The first-order valence-corrected chi connectivity index (χ1v) is 4.79. The molecular weight excluding hydrogens is 180 g/mol. The highest BCUT2D eigenvalue weighted by molar-refractivity contribution is 5.32. The third-order valence-corrected chi connectivity index (χ3v) is 2.02. The van der Waals surface area contributed by atoms with E-state index in [1.54, 1.807) is 12.1 Å². The van der Waals surface area contributed by atoms with Crippen LogP contribution in [0, 0.1) is 10.1 Å². The normalized spacial score (nSPS) is 10.1. The minimum Gasteiger partial charge on any atom is -0.343 e. The van der Waals surface area contributed by atoms with Crippen LogP contribution < -0.4 is 5.32 Å². The highest BCUT2D eigenvalue weighted by Gasteiger charge is 2.03. The molecule has 0 spiro atoms. The maximum absolute atomic E-state index is 10.4. The van der Waals surface area contributed by atoms with Crippen LogP contribution in [0.4, 0.5) is 5.69 Å². The van der Waals surface area contributed by atoms with E-state index in [-0.39, 0.29) is 10.6 Å². The standard InChI is InChI=1S/C10H14N2O2/c1-2-7-11-8-9-3-5-10(6-4-9)12(13)14/h3-6,11H,2,7-8H2,1H3/p+1. The van der Waals surface area contributed by atoms with Gasteiger partial charge in [-0.15, -0.1) is 0 Å². The molecule has 4 nitrogen and oxygen atoms in total. The topological polar surface area (TPSA) is 59.8 Å². The van der Waals surface area contributed by atoms with Gasteiger partial charge >= 0.3 is 0 Å². The van der Waals surface area contributed by atoms with E-state index in [2.05, 4.69) is 12.2 Å². The number of quaternary nitrogens is 1. The number of nitrogens with zero attached hydrogens (tertiary/aromatic N) is 1. The monoisotopic (exact) mass is 195 g/mol. The van der Waals surface area contributed by atoms with Gasteiger partial charge < -0.3 is 5.32 Å². The van der Waals surface area contributed by atoms with Crippen molar-refractivity contribution in [3.8, 4) is 0 Å². The molecule has 1 aromatic carbocycles. The highest BCUT2D eigenvalue weighted by Crippen LogP contribution is 2.10. The van der Waals surface area contributed by atoms with E-state index < -0.39 is 0 Å². The number of nitrogens with two attached hydrogens (primary N) is 1. The maximum Gasteiger partial charge on any atom is 0.269 e. The Morgan fingerprint density at radius 2 is 2.00 bits per heavy atom. The number of non-ortho nitro benzene ring substituents is 1. The predicted molar refractivity (Wildman–Crippen MR) is 53.9 cm³/mol. The van der Waals surface area contributed by atoms with Crippen LogP contribution in [0.3, 0.4) is 0 Å². The van der Waals surface area contributed by atoms with Crippen molar-refractivity contribution in [1.82, 2.24) is 0 Å². The lowest BCUT2D eigenvalue weighted by Crippen LogP contribution is -2.82. The lowest BCUT2D eigenvalue weighted by molar-refractivity contribution is -0.670. The Bertz CT molecular complexity index is 295. The summed E-state index contributed by atoms with van der Waals surface area (Å²) in [7, 11) is 0. The van der Waals surface area contributed by atoms with Gasteiger partial charge in [-0.25, -0.2) is 0 Å². The Labute approximate surface area is 83.1 Å². The van der Waals surface area contributed by atoms with Crippen LogP contribution >= 0.6 is 0 Å². The number of benzene rings is 1. The second-order valence-corrected chi connectivity index (χ2v) is 3.21. The largest absolute Gasteiger partial charge is 0.343 e. The summed E-state index contributed by atoms with van der Waals surface area (Å²) >= 11 is 0.